The first-order chi connectivity index (χ1) is 13.2. The average Bonchev–Trinajstić information content (AvgIpc) is 2.57. The third-order valence-corrected chi connectivity index (χ3v) is 2.21. The second-order valence-electron chi connectivity index (χ2n) is 5.13. The number of ether oxygens (including phenoxy) is 2. The number of rotatable bonds is 8. The van der Waals surface area contributed by atoms with E-state index in [4.69, 9.17) is 0 Å². The van der Waals surface area contributed by atoms with Crippen LogP contribution in [0.2, 0.25) is 0 Å². The normalized spacial score (nSPS) is 9.79. The van der Waals surface area contributed by atoms with Gasteiger partial charge in [-0.25, -0.2) is 9.59 Å². The van der Waals surface area contributed by atoms with Crippen LogP contribution in [0.3, 0.4) is 0 Å². The summed E-state index contributed by atoms with van der Waals surface area (Å²) in [5.41, 5.74) is 0. The Hall–Kier alpha value is -1.35. The quantitative estimate of drug-likeness (QED) is 0.215. The molecule has 168 valence electrons. The Morgan fingerprint density at radius 2 is 1.00 bits per heavy atom. The zero-order chi connectivity index (χ0) is 22.8. The number of esters is 2. The van der Waals surface area contributed by atoms with E-state index in [1.54, 1.807) is 13.8 Å². The van der Waals surface area contributed by atoms with Crippen molar-refractivity contribution >= 4 is 11.9 Å². The molecule has 0 bridgehead atoms. The standard InChI is InChI=1S/2C6H10O3.2C4H9O.Ti/c2*1-3-9-6(8)4-5(2)7;2*1-2-3-4-5;/h2*4,7H,3H2,1-2H3;2*2-4H2,1H3;/q;;2*-1;+4/p-2. The second-order valence-corrected chi connectivity index (χ2v) is 5.13. The maximum atomic E-state index is 10.4. The first-order valence-electron chi connectivity index (χ1n) is 9.36. The zero-order valence-corrected chi connectivity index (χ0v) is 20.1. The molecule has 0 unspecified atom stereocenters. The van der Waals surface area contributed by atoms with Gasteiger partial charge in [0, 0.05) is 12.2 Å². The van der Waals surface area contributed by atoms with Gasteiger partial charge in [-0.3, -0.25) is 0 Å². The molecule has 0 saturated carbocycles. The number of allylic oxidation sites excluding steroid dienone is 2. The number of carbonyl (C=O) groups is 2. The Labute approximate surface area is 190 Å². The molecule has 0 aromatic carbocycles. The second kappa shape index (κ2) is 34.2. The Morgan fingerprint density at radius 3 is 1.10 bits per heavy atom. The fourth-order valence-electron chi connectivity index (χ4n) is 0.988. The molecule has 0 radical (unpaired) electrons. The molecule has 29 heavy (non-hydrogen) atoms. The van der Waals surface area contributed by atoms with Crippen molar-refractivity contribution in [2.24, 2.45) is 0 Å². The molecule has 0 heterocycles. The molecule has 0 fully saturated rings. The van der Waals surface area contributed by atoms with Gasteiger partial charge in [0.05, 0.1) is 13.2 Å². The predicted octanol–water partition coefficient (Wildman–Crippen LogP) is -0.0817. The Bertz CT molecular complexity index is 359. The summed E-state index contributed by atoms with van der Waals surface area (Å²) in [5.74, 6) is -1.70. The van der Waals surface area contributed by atoms with Crippen LogP contribution < -0.4 is 20.4 Å². The topological polar surface area (TPSA) is 145 Å². The van der Waals surface area contributed by atoms with E-state index >= 15 is 0 Å². The SMILES string of the molecule is CCCC[O-].CCCC[O-].CCOC(=O)C=C(C)[O-].CCOC(=O)C=C(C)[O-].[Ti+4]. The number of carbonyl (C=O) groups excluding carboxylic acids is 2. The number of hydrogen-bond donors (Lipinski definition) is 0. The van der Waals surface area contributed by atoms with Gasteiger partial charge in [-0.15, -0.1) is 24.7 Å². The van der Waals surface area contributed by atoms with Crippen LogP contribution in [0, 0.1) is 0 Å². The third kappa shape index (κ3) is 58.4. The van der Waals surface area contributed by atoms with Crippen LogP contribution in [0.25, 0.3) is 0 Å². The molecular formula is C20H36O8Ti. The van der Waals surface area contributed by atoms with Crippen molar-refractivity contribution in [3.8, 4) is 0 Å². The summed E-state index contributed by atoms with van der Waals surface area (Å²) in [7, 11) is 0. The van der Waals surface area contributed by atoms with E-state index in [2.05, 4.69) is 9.47 Å². The summed E-state index contributed by atoms with van der Waals surface area (Å²) in [6.45, 7) is 10.8. The van der Waals surface area contributed by atoms with Gasteiger partial charge in [0.2, 0.25) is 0 Å². The van der Waals surface area contributed by atoms with Crippen molar-refractivity contribution in [1.82, 2.24) is 0 Å². The Balaban J connectivity index is -0.0000000907. The van der Waals surface area contributed by atoms with Crippen molar-refractivity contribution in [2.75, 3.05) is 26.4 Å². The van der Waals surface area contributed by atoms with Gasteiger partial charge < -0.3 is 29.9 Å². The van der Waals surface area contributed by atoms with E-state index in [9.17, 15) is 30.0 Å². The van der Waals surface area contributed by atoms with Gasteiger partial charge in [-0.1, -0.05) is 53.4 Å². The van der Waals surface area contributed by atoms with Crippen LogP contribution >= 0.6 is 0 Å². The van der Waals surface area contributed by atoms with Crippen molar-refractivity contribution in [1.29, 1.82) is 0 Å². The molecule has 0 amide bonds. The smallest absolute Gasteiger partial charge is 0.875 e. The molecule has 0 aliphatic heterocycles. The molecule has 0 aliphatic rings. The molecule has 0 N–H and O–H groups in total. The van der Waals surface area contributed by atoms with Crippen LogP contribution in [0.1, 0.15) is 67.2 Å². The van der Waals surface area contributed by atoms with Gasteiger partial charge >= 0.3 is 33.7 Å². The van der Waals surface area contributed by atoms with E-state index in [0.717, 1.165) is 37.8 Å². The molecule has 0 saturated heterocycles. The number of unbranched alkanes of at least 4 members (excludes halogenated alkanes) is 2. The van der Waals surface area contributed by atoms with E-state index in [-0.39, 0.29) is 46.4 Å². The Morgan fingerprint density at radius 1 is 0.724 bits per heavy atom. The third-order valence-electron chi connectivity index (χ3n) is 2.21. The monoisotopic (exact) mass is 452 g/mol. The van der Waals surface area contributed by atoms with Gasteiger partial charge in [0.15, 0.2) is 0 Å². The minimum absolute atomic E-state index is 0. The summed E-state index contributed by atoms with van der Waals surface area (Å²) in [6.07, 6.45) is 5.57. The van der Waals surface area contributed by atoms with Crippen LogP contribution in [-0.4, -0.2) is 38.4 Å². The van der Waals surface area contributed by atoms with Crippen molar-refractivity contribution < 1.29 is 61.2 Å². The molecule has 0 aromatic rings. The van der Waals surface area contributed by atoms with Gasteiger partial charge in [-0.05, 0) is 13.8 Å². The Kier molecular flexibility index (Phi) is 45.1. The van der Waals surface area contributed by atoms with E-state index < -0.39 is 11.9 Å². The fourth-order valence-corrected chi connectivity index (χ4v) is 0.988. The van der Waals surface area contributed by atoms with Crippen LogP contribution in [0.4, 0.5) is 0 Å². The summed E-state index contributed by atoms with van der Waals surface area (Å²) in [6, 6.07) is 0. The number of hydrogen-bond acceptors (Lipinski definition) is 8. The molecule has 0 rings (SSSR count). The van der Waals surface area contributed by atoms with Crippen molar-refractivity contribution in [2.45, 2.75) is 67.2 Å². The minimum Gasteiger partial charge on any atom is -0.875 e. The van der Waals surface area contributed by atoms with E-state index in [1.165, 1.54) is 13.8 Å². The molecule has 0 atom stereocenters. The summed E-state index contributed by atoms with van der Waals surface area (Å²) < 4.78 is 8.87. The van der Waals surface area contributed by atoms with Gasteiger partial charge in [0.1, 0.15) is 0 Å². The van der Waals surface area contributed by atoms with E-state index in [1.807, 2.05) is 13.8 Å². The van der Waals surface area contributed by atoms with Crippen LogP contribution in [0.5, 0.6) is 0 Å². The molecule has 9 heteroatoms. The molecule has 0 aliphatic carbocycles. The van der Waals surface area contributed by atoms with Gasteiger partial charge in [0.25, 0.3) is 0 Å². The maximum absolute atomic E-state index is 10.4. The van der Waals surface area contributed by atoms with Gasteiger partial charge in [-0.2, -0.15) is 0 Å². The maximum Gasteiger partial charge on any atom is 4.00 e. The van der Waals surface area contributed by atoms with Crippen LogP contribution in [0.15, 0.2) is 23.7 Å². The molecular weight excluding hydrogens is 416 g/mol. The summed E-state index contributed by atoms with van der Waals surface area (Å²) in [5, 5.41) is 39.4. The predicted molar refractivity (Wildman–Crippen MR) is 100 cm³/mol. The molecule has 0 aromatic heterocycles. The average molecular weight is 452 g/mol. The van der Waals surface area contributed by atoms with Crippen molar-refractivity contribution in [3.05, 3.63) is 23.7 Å². The first-order valence-corrected chi connectivity index (χ1v) is 9.36. The molecule has 8 nitrogen and oxygen atoms in total. The minimum atomic E-state index is -0.565. The summed E-state index contributed by atoms with van der Waals surface area (Å²) in [4.78, 5) is 20.7. The first kappa shape index (κ1) is 38.3. The van der Waals surface area contributed by atoms with Crippen LogP contribution in [-0.2, 0) is 40.8 Å². The van der Waals surface area contributed by atoms with E-state index in [0.29, 0.717) is 13.2 Å². The zero-order valence-electron chi connectivity index (χ0n) is 18.6. The fraction of sp³-hybridized carbons (Fsp3) is 0.700. The largest absolute Gasteiger partial charge is 4.00 e. The van der Waals surface area contributed by atoms with Crippen molar-refractivity contribution in [3.63, 3.8) is 0 Å². The summed E-state index contributed by atoms with van der Waals surface area (Å²) >= 11 is 0. The molecule has 0 spiro atoms.